The lowest BCUT2D eigenvalue weighted by Crippen LogP contribution is -2.42. The number of nitrogens with two attached hydrogens (primary N) is 1. The maximum Gasteiger partial charge on any atom is 0.351 e. The molecule has 3 unspecified atom stereocenters. The first-order valence-electron chi connectivity index (χ1n) is 6.08. The minimum absolute atomic E-state index is 0.0680. The van der Waals surface area contributed by atoms with Crippen LogP contribution >= 0.6 is 0 Å². The van der Waals surface area contributed by atoms with Gasteiger partial charge in [0.05, 0.1) is 13.3 Å². The topological polar surface area (TPSA) is 111 Å². The van der Waals surface area contributed by atoms with Crippen molar-refractivity contribution in [2.75, 3.05) is 19.0 Å². The van der Waals surface area contributed by atoms with Crippen LogP contribution in [0.3, 0.4) is 0 Å². The average Bonchev–Trinajstić information content (AvgIpc) is 2.65. The van der Waals surface area contributed by atoms with Gasteiger partial charge in [0.25, 0.3) is 0 Å². The number of rotatable bonds is 4. The highest BCUT2D eigenvalue weighted by Gasteiger charge is 2.59. The van der Waals surface area contributed by atoms with Gasteiger partial charge in [-0.3, -0.25) is 8.96 Å². The van der Waals surface area contributed by atoms with Crippen molar-refractivity contribution in [3.8, 4) is 0 Å². The molecule has 1 aromatic rings. The number of anilines is 1. The number of aryl methyl sites for hydroxylation is 1. The highest BCUT2D eigenvalue weighted by Crippen LogP contribution is 2.42. The van der Waals surface area contributed by atoms with E-state index < -0.39 is 43.3 Å². The van der Waals surface area contributed by atoms with Crippen LogP contribution in [0.4, 0.5) is 19.0 Å². The number of ether oxygens (including phenoxy) is 1. The summed E-state index contributed by atoms with van der Waals surface area (Å²) >= 11 is 0. The van der Waals surface area contributed by atoms with Gasteiger partial charge in [-0.1, -0.05) is 0 Å². The molecule has 3 atom stereocenters. The summed E-state index contributed by atoms with van der Waals surface area (Å²) in [6.45, 7) is -1.66. The highest BCUT2D eigenvalue weighted by atomic mass is 19.3. The number of alkyl halides is 3. The Kier molecular flexibility index (Phi) is 4.21. The molecular weight excluding hydrogens is 295 g/mol. The van der Waals surface area contributed by atoms with Gasteiger partial charge in [0, 0.05) is 18.2 Å². The monoisotopic (exact) mass is 309 g/mol. The number of hydrogen-bond donors (Lipinski definition) is 3. The van der Waals surface area contributed by atoms with E-state index in [1.54, 1.807) is 0 Å². The zero-order valence-corrected chi connectivity index (χ0v) is 10.7. The molecule has 0 bridgehead atoms. The summed E-state index contributed by atoms with van der Waals surface area (Å²) in [6, 6.07) is 0. The molecule has 1 saturated heterocycles. The van der Waals surface area contributed by atoms with Gasteiger partial charge in [0.1, 0.15) is 11.9 Å². The predicted octanol–water partition coefficient (Wildman–Crippen LogP) is -0.777. The van der Waals surface area contributed by atoms with Gasteiger partial charge < -0.3 is 20.7 Å². The molecule has 2 heterocycles. The van der Waals surface area contributed by atoms with Crippen LogP contribution in [-0.4, -0.2) is 51.2 Å². The fourth-order valence-electron chi connectivity index (χ4n) is 2.10. The van der Waals surface area contributed by atoms with E-state index in [2.05, 4.69) is 4.98 Å². The van der Waals surface area contributed by atoms with Crippen LogP contribution in [0.5, 0.6) is 0 Å². The average molecular weight is 309 g/mol. The molecule has 0 amide bonds. The predicted molar refractivity (Wildman–Crippen MR) is 64.5 cm³/mol. The first kappa shape index (κ1) is 15.7. The molecular formula is C11H14F3N3O4. The first-order valence-corrected chi connectivity index (χ1v) is 6.08. The SMILES string of the molecule is Nc1nc(=O)n(C2OC(CO)C(O)C2(F)F)cc1CCF. The molecule has 1 aromatic heterocycles. The van der Waals surface area contributed by atoms with Crippen molar-refractivity contribution >= 4 is 5.82 Å². The van der Waals surface area contributed by atoms with E-state index in [9.17, 15) is 23.1 Å². The second-order valence-corrected chi connectivity index (χ2v) is 4.61. The standard InChI is InChI=1S/C11H14F3N3O4/c12-2-1-5-3-17(10(20)16-8(5)15)9-11(13,14)7(19)6(4-18)21-9/h3,6-7,9,18-19H,1-2,4H2,(H2,15,16,20). The second kappa shape index (κ2) is 5.62. The van der Waals surface area contributed by atoms with Gasteiger partial charge in [-0.25, -0.2) is 4.79 Å². The number of hydrogen-bond acceptors (Lipinski definition) is 6. The number of aliphatic hydroxyl groups is 2. The van der Waals surface area contributed by atoms with Crippen LogP contribution in [0.25, 0.3) is 0 Å². The zero-order chi connectivity index (χ0) is 15.8. The Labute approximate surface area is 116 Å². The Bertz CT molecular complexity index is 580. The third-order valence-corrected chi connectivity index (χ3v) is 3.24. The molecule has 4 N–H and O–H groups in total. The second-order valence-electron chi connectivity index (χ2n) is 4.61. The number of nitrogen functional groups attached to an aromatic ring is 1. The van der Waals surface area contributed by atoms with Crippen LogP contribution in [0.1, 0.15) is 11.8 Å². The van der Waals surface area contributed by atoms with Crippen LogP contribution < -0.4 is 11.4 Å². The maximum atomic E-state index is 13.9. The smallest absolute Gasteiger partial charge is 0.351 e. The van der Waals surface area contributed by atoms with Crippen molar-refractivity contribution in [2.45, 2.75) is 30.8 Å². The summed E-state index contributed by atoms with van der Waals surface area (Å²) in [7, 11) is 0. The van der Waals surface area contributed by atoms with Gasteiger partial charge in [-0.15, -0.1) is 0 Å². The lowest BCUT2D eigenvalue weighted by atomic mass is 10.1. The molecule has 2 rings (SSSR count). The van der Waals surface area contributed by atoms with E-state index in [1.165, 1.54) is 0 Å². The van der Waals surface area contributed by atoms with Gasteiger partial charge in [0.15, 0.2) is 6.10 Å². The van der Waals surface area contributed by atoms with Gasteiger partial charge in [0.2, 0.25) is 6.23 Å². The van der Waals surface area contributed by atoms with E-state index in [1.807, 2.05) is 0 Å². The molecule has 0 radical (unpaired) electrons. The molecule has 1 fully saturated rings. The minimum atomic E-state index is -3.82. The Morgan fingerprint density at radius 2 is 2.19 bits per heavy atom. The molecule has 1 aliphatic rings. The van der Waals surface area contributed by atoms with Gasteiger partial charge in [-0.2, -0.15) is 13.8 Å². The minimum Gasteiger partial charge on any atom is -0.394 e. The largest absolute Gasteiger partial charge is 0.394 e. The molecule has 10 heteroatoms. The molecule has 0 aliphatic carbocycles. The summed E-state index contributed by atoms with van der Waals surface area (Å²) < 4.78 is 45.5. The molecule has 7 nitrogen and oxygen atoms in total. The van der Waals surface area contributed by atoms with Crippen LogP contribution in [0, 0.1) is 0 Å². The Morgan fingerprint density at radius 1 is 1.52 bits per heavy atom. The van der Waals surface area contributed by atoms with Crippen molar-refractivity contribution in [1.29, 1.82) is 0 Å². The molecule has 118 valence electrons. The zero-order valence-electron chi connectivity index (χ0n) is 10.7. The number of aromatic nitrogens is 2. The van der Waals surface area contributed by atoms with E-state index in [0.29, 0.717) is 4.57 Å². The molecule has 0 saturated carbocycles. The molecule has 21 heavy (non-hydrogen) atoms. The summed E-state index contributed by atoms with van der Waals surface area (Å²) in [6.07, 6.45) is -5.25. The number of halogens is 3. The highest BCUT2D eigenvalue weighted by molar-refractivity contribution is 5.37. The molecule has 0 aromatic carbocycles. The van der Waals surface area contributed by atoms with Crippen molar-refractivity contribution in [2.24, 2.45) is 0 Å². The lowest BCUT2D eigenvalue weighted by Gasteiger charge is -2.21. The quantitative estimate of drug-likeness (QED) is 0.673. The van der Waals surface area contributed by atoms with Crippen LogP contribution in [0.15, 0.2) is 11.0 Å². The van der Waals surface area contributed by atoms with E-state index >= 15 is 0 Å². The van der Waals surface area contributed by atoms with Crippen molar-refractivity contribution in [3.05, 3.63) is 22.2 Å². The van der Waals surface area contributed by atoms with Crippen molar-refractivity contribution in [1.82, 2.24) is 9.55 Å². The van der Waals surface area contributed by atoms with E-state index in [-0.39, 0.29) is 17.8 Å². The third-order valence-electron chi connectivity index (χ3n) is 3.24. The fourth-order valence-corrected chi connectivity index (χ4v) is 2.10. The number of nitrogens with zero attached hydrogens (tertiary/aromatic N) is 2. The van der Waals surface area contributed by atoms with E-state index in [0.717, 1.165) is 6.20 Å². The maximum absolute atomic E-state index is 13.9. The Hall–Kier alpha value is -1.65. The summed E-state index contributed by atoms with van der Waals surface area (Å²) in [5.74, 6) is -4.07. The molecule has 1 aliphatic heterocycles. The fraction of sp³-hybridized carbons (Fsp3) is 0.636. The number of aliphatic hydroxyl groups excluding tert-OH is 2. The summed E-state index contributed by atoms with van der Waals surface area (Å²) in [5, 5.41) is 18.3. The van der Waals surface area contributed by atoms with Crippen molar-refractivity contribution in [3.63, 3.8) is 0 Å². The van der Waals surface area contributed by atoms with Crippen LogP contribution in [0.2, 0.25) is 0 Å². The normalized spacial score (nSPS) is 28.0. The Morgan fingerprint density at radius 3 is 2.71 bits per heavy atom. The summed E-state index contributed by atoms with van der Waals surface area (Å²) in [4.78, 5) is 15.0. The Balaban J connectivity index is 2.46. The summed E-state index contributed by atoms with van der Waals surface area (Å²) in [5.41, 5.74) is 4.36. The third kappa shape index (κ3) is 2.61. The van der Waals surface area contributed by atoms with Gasteiger partial charge in [-0.05, 0) is 0 Å². The van der Waals surface area contributed by atoms with E-state index in [4.69, 9.17) is 15.6 Å². The first-order chi connectivity index (χ1) is 9.82. The van der Waals surface area contributed by atoms with Gasteiger partial charge >= 0.3 is 11.6 Å². The van der Waals surface area contributed by atoms with Crippen molar-refractivity contribution < 1.29 is 28.1 Å². The van der Waals surface area contributed by atoms with Crippen LogP contribution in [-0.2, 0) is 11.2 Å². The lowest BCUT2D eigenvalue weighted by molar-refractivity contribution is -0.141. The molecule has 0 spiro atoms.